The van der Waals surface area contributed by atoms with Gasteiger partial charge in [-0.1, -0.05) is 6.92 Å². The molecule has 2 atom stereocenters. The minimum absolute atomic E-state index is 0.241. The van der Waals surface area contributed by atoms with Gasteiger partial charge in [0.1, 0.15) is 0 Å². The van der Waals surface area contributed by atoms with Crippen molar-refractivity contribution in [2.24, 2.45) is 0 Å². The second kappa shape index (κ2) is 7.33. The Kier molecular flexibility index (Phi) is 6.07. The van der Waals surface area contributed by atoms with Crippen molar-refractivity contribution in [2.45, 2.75) is 38.8 Å². The molecule has 0 saturated carbocycles. The number of hydrogen-bond acceptors (Lipinski definition) is 4. The number of amides is 3. The van der Waals surface area contributed by atoms with Crippen LogP contribution in [-0.2, 0) is 4.79 Å². The van der Waals surface area contributed by atoms with Gasteiger partial charge < -0.3 is 10.6 Å². The fourth-order valence-corrected chi connectivity index (χ4v) is 2.30. The van der Waals surface area contributed by atoms with E-state index in [1.54, 1.807) is 0 Å². The van der Waals surface area contributed by atoms with Gasteiger partial charge in [-0.3, -0.25) is 15.0 Å². The van der Waals surface area contributed by atoms with Crippen molar-refractivity contribution in [3.8, 4) is 0 Å². The molecule has 0 aromatic rings. The average molecular weight is 256 g/mol. The molecule has 2 unspecified atom stereocenters. The normalized spacial score (nSPS) is 20.8. The lowest BCUT2D eigenvalue weighted by Crippen LogP contribution is -2.53. The first kappa shape index (κ1) is 14.9. The first-order chi connectivity index (χ1) is 8.60. The van der Waals surface area contributed by atoms with Crippen LogP contribution in [0.15, 0.2) is 0 Å². The summed E-state index contributed by atoms with van der Waals surface area (Å²) in [5, 5.41) is 8.03. The molecule has 6 heteroatoms. The van der Waals surface area contributed by atoms with Crippen molar-refractivity contribution < 1.29 is 9.59 Å². The molecule has 104 valence electrons. The zero-order valence-corrected chi connectivity index (χ0v) is 11.5. The van der Waals surface area contributed by atoms with Crippen molar-refractivity contribution in [3.05, 3.63) is 0 Å². The van der Waals surface area contributed by atoms with Crippen LogP contribution in [0.5, 0.6) is 0 Å². The number of nitrogens with zero attached hydrogens (tertiary/aromatic N) is 1. The van der Waals surface area contributed by atoms with Gasteiger partial charge in [-0.05, 0) is 32.9 Å². The molecule has 18 heavy (non-hydrogen) atoms. The van der Waals surface area contributed by atoms with E-state index in [0.29, 0.717) is 6.04 Å². The predicted octanol–water partition coefficient (Wildman–Crippen LogP) is -0.0956. The molecule has 0 spiro atoms. The standard InChI is InChI=1S/C12H24N4O2/c1-4-7-16(10-5-6-14-8-10)9(2)11(17)15-12(18)13-3/h9-10,14H,4-8H2,1-3H3,(H2,13,15,17,18). The van der Waals surface area contributed by atoms with Gasteiger partial charge in [0.25, 0.3) is 0 Å². The molecular formula is C12H24N4O2. The lowest BCUT2D eigenvalue weighted by molar-refractivity contribution is -0.125. The molecule has 1 rings (SSSR count). The van der Waals surface area contributed by atoms with Crippen LogP contribution in [-0.4, -0.2) is 55.6 Å². The third kappa shape index (κ3) is 3.96. The Morgan fingerprint density at radius 1 is 1.50 bits per heavy atom. The molecule has 3 N–H and O–H groups in total. The number of carbonyl (C=O) groups is 2. The number of hydrogen-bond donors (Lipinski definition) is 3. The van der Waals surface area contributed by atoms with Crippen LogP contribution >= 0.6 is 0 Å². The summed E-state index contributed by atoms with van der Waals surface area (Å²) in [5.74, 6) is -0.241. The zero-order valence-electron chi connectivity index (χ0n) is 11.5. The van der Waals surface area contributed by atoms with E-state index >= 15 is 0 Å². The van der Waals surface area contributed by atoms with Gasteiger partial charge in [-0.25, -0.2) is 4.79 Å². The van der Waals surface area contributed by atoms with Gasteiger partial charge in [0.15, 0.2) is 0 Å². The highest BCUT2D eigenvalue weighted by molar-refractivity contribution is 5.96. The Labute approximate surface area is 108 Å². The molecule has 0 bridgehead atoms. The van der Waals surface area contributed by atoms with E-state index in [1.165, 1.54) is 7.05 Å². The quantitative estimate of drug-likeness (QED) is 0.642. The van der Waals surface area contributed by atoms with Gasteiger partial charge in [-0.15, -0.1) is 0 Å². The van der Waals surface area contributed by atoms with Crippen molar-refractivity contribution in [1.82, 2.24) is 20.9 Å². The van der Waals surface area contributed by atoms with Crippen molar-refractivity contribution >= 4 is 11.9 Å². The van der Waals surface area contributed by atoms with E-state index in [4.69, 9.17) is 0 Å². The molecule has 0 aliphatic carbocycles. The first-order valence-corrected chi connectivity index (χ1v) is 6.59. The fourth-order valence-electron chi connectivity index (χ4n) is 2.30. The predicted molar refractivity (Wildman–Crippen MR) is 70.3 cm³/mol. The Morgan fingerprint density at radius 2 is 2.22 bits per heavy atom. The van der Waals surface area contributed by atoms with Gasteiger partial charge in [0.05, 0.1) is 6.04 Å². The highest BCUT2D eigenvalue weighted by atomic mass is 16.2. The van der Waals surface area contributed by atoms with Crippen molar-refractivity contribution in [1.29, 1.82) is 0 Å². The maximum absolute atomic E-state index is 12.0. The number of imide groups is 1. The molecule has 1 aliphatic heterocycles. The SMILES string of the molecule is CCCN(C1CCNC1)C(C)C(=O)NC(=O)NC. The van der Waals surface area contributed by atoms with E-state index in [1.807, 2.05) is 6.92 Å². The summed E-state index contributed by atoms with van der Waals surface area (Å²) < 4.78 is 0. The van der Waals surface area contributed by atoms with E-state index < -0.39 is 6.03 Å². The summed E-state index contributed by atoms with van der Waals surface area (Å²) in [5.41, 5.74) is 0. The number of rotatable bonds is 5. The molecule has 1 aliphatic rings. The Hall–Kier alpha value is -1.14. The minimum Gasteiger partial charge on any atom is -0.341 e. The summed E-state index contributed by atoms with van der Waals surface area (Å²) in [6.07, 6.45) is 2.05. The smallest absolute Gasteiger partial charge is 0.321 e. The average Bonchev–Trinajstić information content (AvgIpc) is 2.88. The minimum atomic E-state index is -0.451. The topological polar surface area (TPSA) is 73.5 Å². The Morgan fingerprint density at radius 3 is 2.72 bits per heavy atom. The zero-order chi connectivity index (χ0) is 13.5. The molecule has 0 aromatic carbocycles. The largest absolute Gasteiger partial charge is 0.341 e. The van der Waals surface area contributed by atoms with Crippen LogP contribution in [0.2, 0.25) is 0 Å². The highest BCUT2D eigenvalue weighted by Gasteiger charge is 2.29. The van der Waals surface area contributed by atoms with E-state index in [-0.39, 0.29) is 11.9 Å². The molecule has 6 nitrogen and oxygen atoms in total. The first-order valence-electron chi connectivity index (χ1n) is 6.59. The molecule has 3 amide bonds. The second-order valence-electron chi connectivity index (χ2n) is 4.63. The molecule has 0 aromatic heterocycles. The fraction of sp³-hybridized carbons (Fsp3) is 0.833. The van der Waals surface area contributed by atoms with E-state index in [9.17, 15) is 9.59 Å². The van der Waals surface area contributed by atoms with Crippen LogP contribution in [0.1, 0.15) is 26.7 Å². The monoisotopic (exact) mass is 256 g/mol. The molecule has 1 fully saturated rings. The Balaban J connectivity index is 2.60. The van der Waals surface area contributed by atoms with Crippen LogP contribution < -0.4 is 16.0 Å². The van der Waals surface area contributed by atoms with Gasteiger partial charge >= 0.3 is 6.03 Å². The van der Waals surface area contributed by atoms with Crippen molar-refractivity contribution in [2.75, 3.05) is 26.7 Å². The van der Waals surface area contributed by atoms with Crippen LogP contribution in [0, 0.1) is 0 Å². The lowest BCUT2D eigenvalue weighted by atomic mass is 10.1. The van der Waals surface area contributed by atoms with Gasteiger partial charge in [-0.2, -0.15) is 0 Å². The van der Waals surface area contributed by atoms with Crippen molar-refractivity contribution in [3.63, 3.8) is 0 Å². The third-order valence-corrected chi connectivity index (χ3v) is 3.33. The summed E-state index contributed by atoms with van der Waals surface area (Å²) >= 11 is 0. The maximum Gasteiger partial charge on any atom is 0.321 e. The molecular weight excluding hydrogens is 232 g/mol. The number of carbonyl (C=O) groups excluding carboxylic acids is 2. The van der Waals surface area contributed by atoms with E-state index in [2.05, 4.69) is 27.8 Å². The molecule has 1 saturated heterocycles. The summed E-state index contributed by atoms with van der Waals surface area (Å²) in [6, 6.07) is -0.351. The summed E-state index contributed by atoms with van der Waals surface area (Å²) in [4.78, 5) is 25.3. The third-order valence-electron chi connectivity index (χ3n) is 3.33. The summed E-state index contributed by atoms with van der Waals surface area (Å²) in [7, 11) is 1.50. The summed E-state index contributed by atoms with van der Waals surface area (Å²) in [6.45, 7) is 6.73. The van der Waals surface area contributed by atoms with Crippen LogP contribution in [0.4, 0.5) is 4.79 Å². The Bertz CT molecular complexity index is 290. The number of urea groups is 1. The maximum atomic E-state index is 12.0. The lowest BCUT2D eigenvalue weighted by Gasteiger charge is -2.32. The highest BCUT2D eigenvalue weighted by Crippen LogP contribution is 2.13. The van der Waals surface area contributed by atoms with Gasteiger partial charge in [0.2, 0.25) is 5.91 Å². The van der Waals surface area contributed by atoms with E-state index in [0.717, 1.165) is 32.5 Å². The van der Waals surface area contributed by atoms with Gasteiger partial charge in [0, 0.05) is 19.6 Å². The van der Waals surface area contributed by atoms with Crippen LogP contribution in [0.3, 0.4) is 0 Å². The number of nitrogens with one attached hydrogen (secondary N) is 3. The molecule has 0 radical (unpaired) electrons. The molecule has 1 heterocycles. The van der Waals surface area contributed by atoms with Crippen LogP contribution in [0.25, 0.3) is 0 Å². The second-order valence-corrected chi connectivity index (χ2v) is 4.63.